The first kappa shape index (κ1) is 17.5. The van der Waals surface area contributed by atoms with Gasteiger partial charge in [-0.25, -0.2) is 4.79 Å². The fourth-order valence-corrected chi connectivity index (χ4v) is 2.30. The molecule has 0 radical (unpaired) electrons. The molecule has 24 heavy (non-hydrogen) atoms. The van der Waals surface area contributed by atoms with E-state index < -0.39 is 5.97 Å². The third-order valence-electron chi connectivity index (χ3n) is 3.51. The number of nitrogens with one attached hydrogen (secondary N) is 1. The summed E-state index contributed by atoms with van der Waals surface area (Å²) in [6.07, 6.45) is 0. The van der Waals surface area contributed by atoms with Crippen LogP contribution in [-0.2, 0) is 9.53 Å². The number of esters is 1. The molecule has 126 valence electrons. The molecule has 0 spiro atoms. The summed E-state index contributed by atoms with van der Waals surface area (Å²) in [5.41, 5.74) is 1.74. The van der Waals surface area contributed by atoms with Gasteiger partial charge in [-0.3, -0.25) is 4.79 Å². The molecule has 0 bridgehead atoms. The van der Waals surface area contributed by atoms with E-state index in [0.29, 0.717) is 22.9 Å². The summed E-state index contributed by atoms with van der Waals surface area (Å²) >= 11 is 0. The number of hydrogen-bond acceptors (Lipinski definition) is 4. The Morgan fingerprint density at radius 3 is 2.42 bits per heavy atom. The van der Waals surface area contributed by atoms with Gasteiger partial charge in [0.05, 0.1) is 18.4 Å². The topological polar surface area (TPSA) is 64.6 Å². The molecular weight excluding hydrogens is 306 g/mol. The van der Waals surface area contributed by atoms with Crippen molar-refractivity contribution in [2.75, 3.05) is 19.0 Å². The Morgan fingerprint density at radius 1 is 1.04 bits per heavy atom. The second kappa shape index (κ2) is 8.15. The Bertz CT molecular complexity index is 725. The number of benzene rings is 2. The second-order valence-electron chi connectivity index (χ2n) is 5.57. The van der Waals surface area contributed by atoms with Crippen molar-refractivity contribution in [1.29, 1.82) is 0 Å². The Kier molecular flexibility index (Phi) is 5.95. The van der Waals surface area contributed by atoms with Crippen LogP contribution in [0.5, 0.6) is 5.75 Å². The van der Waals surface area contributed by atoms with Gasteiger partial charge in [0, 0.05) is 0 Å². The molecule has 5 heteroatoms. The highest BCUT2D eigenvalue weighted by molar-refractivity contribution is 6.01. The number of methoxy groups -OCH3 is 1. The van der Waals surface area contributed by atoms with Crippen LogP contribution in [-0.4, -0.2) is 25.6 Å². The lowest BCUT2D eigenvalue weighted by Gasteiger charge is -2.14. The monoisotopic (exact) mass is 327 g/mol. The normalized spacial score (nSPS) is 10.3. The van der Waals surface area contributed by atoms with E-state index in [2.05, 4.69) is 19.2 Å². The van der Waals surface area contributed by atoms with E-state index in [-0.39, 0.29) is 12.5 Å². The number of amides is 1. The maximum atomic E-state index is 12.1. The maximum Gasteiger partial charge on any atom is 0.339 e. The van der Waals surface area contributed by atoms with Gasteiger partial charge in [0.2, 0.25) is 0 Å². The highest BCUT2D eigenvalue weighted by atomic mass is 16.5. The summed E-state index contributed by atoms with van der Waals surface area (Å²) in [4.78, 5) is 23.9. The molecule has 5 nitrogen and oxygen atoms in total. The van der Waals surface area contributed by atoms with E-state index in [1.54, 1.807) is 24.3 Å². The van der Waals surface area contributed by atoms with Gasteiger partial charge in [-0.1, -0.05) is 44.2 Å². The lowest BCUT2D eigenvalue weighted by molar-refractivity contribution is -0.118. The molecule has 0 heterocycles. The Labute approximate surface area is 141 Å². The van der Waals surface area contributed by atoms with Crippen molar-refractivity contribution < 1.29 is 19.1 Å². The summed E-state index contributed by atoms with van der Waals surface area (Å²) in [5, 5.41) is 2.68. The SMILES string of the molecule is COC(=O)c1ccccc1NC(=O)COc1ccccc1C(C)C. The number of para-hydroxylation sites is 2. The number of rotatable bonds is 6. The molecule has 0 aliphatic carbocycles. The van der Waals surface area contributed by atoms with Crippen molar-refractivity contribution in [3.63, 3.8) is 0 Å². The largest absolute Gasteiger partial charge is 0.483 e. The zero-order valence-corrected chi connectivity index (χ0v) is 14.0. The van der Waals surface area contributed by atoms with E-state index in [4.69, 9.17) is 9.47 Å². The highest BCUT2D eigenvalue weighted by Crippen LogP contribution is 2.25. The summed E-state index contributed by atoms with van der Waals surface area (Å²) in [7, 11) is 1.30. The van der Waals surface area contributed by atoms with Crippen LogP contribution in [0.2, 0.25) is 0 Å². The predicted octanol–water partition coefficient (Wildman–Crippen LogP) is 3.61. The minimum Gasteiger partial charge on any atom is -0.483 e. The van der Waals surface area contributed by atoms with Crippen LogP contribution in [0.25, 0.3) is 0 Å². The lowest BCUT2D eigenvalue weighted by atomic mass is 10.0. The van der Waals surface area contributed by atoms with Crippen LogP contribution in [0.3, 0.4) is 0 Å². The van der Waals surface area contributed by atoms with E-state index in [1.807, 2.05) is 24.3 Å². The van der Waals surface area contributed by atoms with Crippen LogP contribution < -0.4 is 10.1 Å². The van der Waals surface area contributed by atoms with E-state index >= 15 is 0 Å². The molecule has 2 aromatic rings. The van der Waals surface area contributed by atoms with Gasteiger partial charge in [0.15, 0.2) is 6.61 Å². The van der Waals surface area contributed by atoms with Crippen molar-refractivity contribution in [1.82, 2.24) is 0 Å². The van der Waals surface area contributed by atoms with E-state index in [1.165, 1.54) is 7.11 Å². The number of anilines is 1. The zero-order chi connectivity index (χ0) is 17.5. The molecule has 0 saturated carbocycles. The van der Waals surface area contributed by atoms with Gasteiger partial charge in [-0.2, -0.15) is 0 Å². The Hall–Kier alpha value is -2.82. The lowest BCUT2D eigenvalue weighted by Crippen LogP contribution is -2.22. The average molecular weight is 327 g/mol. The average Bonchev–Trinajstić information content (AvgIpc) is 2.60. The van der Waals surface area contributed by atoms with E-state index in [9.17, 15) is 9.59 Å². The van der Waals surface area contributed by atoms with Crippen LogP contribution in [0, 0.1) is 0 Å². The molecular formula is C19H21NO4. The molecule has 0 atom stereocenters. The molecule has 0 fully saturated rings. The molecule has 0 aromatic heterocycles. The van der Waals surface area contributed by atoms with Gasteiger partial charge in [0.1, 0.15) is 5.75 Å². The van der Waals surface area contributed by atoms with Crippen molar-refractivity contribution in [3.05, 3.63) is 59.7 Å². The van der Waals surface area contributed by atoms with Crippen LogP contribution in [0.1, 0.15) is 35.7 Å². The molecule has 2 rings (SSSR count). The van der Waals surface area contributed by atoms with E-state index in [0.717, 1.165) is 5.56 Å². The van der Waals surface area contributed by atoms with Gasteiger partial charge >= 0.3 is 5.97 Å². The predicted molar refractivity (Wildman–Crippen MR) is 92.4 cm³/mol. The summed E-state index contributed by atoms with van der Waals surface area (Å²) < 4.78 is 10.3. The molecule has 0 aliphatic heterocycles. The van der Waals surface area contributed by atoms with Gasteiger partial charge in [-0.15, -0.1) is 0 Å². The second-order valence-corrected chi connectivity index (χ2v) is 5.57. The molecule has 1 amide bonds. The number of hydrogen-bond donors (Lipinski definition) is 1. The van der Waals surface area contributed by atoms with Crippen molar-refractivity contribution >= 4 is 17.6 Å². The Morgan fingerprint density at radius 2 is 1.71 bits per heavy atom. The van der Waals surface area contributed by atoms with Crippen LogP contribution >= 0.6 is 0 Å². The molecule has 2 aromatic carbocycles. The number of ether oxygens (including phenoxy) is 2. The Balaban J connectivity index is 2.04. The smallest absolute Gasteiger partial charge is 0.339 e. The first-order valence-corrected chi connectivity index (χ1v) is 7.72. The van der Waals surface area contributed by atoms with Crippen LogP contribution in [0.15, 0.2) is 48.5 Å². The van der Waals surface area contributed by atoms with Crippen molar-refractivity contribution in [3.8, 4) is 5.75 Å². The van der Waals surface area contributed by atoms with Crippen LogP contribution in [0.4, 0.5) is 5.69 Å². The van der Waals surface area contributed by atoms with Gasteiger partial charge in [-0.05, 0) is 29.7 Å². The summed E-state index contributed by atoms with van der Waals surface area (Å²) in [6, 6.07) is 14.3. The molecule has 1 N–H and O–H groups in total. The first-order valence-electron chi connectivity index (χ1n) is 7.72. The summed E-state index contributed by atoms with van der Waals surface area (Å²) in [6.45, 7) is 3.99. The first-order chi connectivity index (χ1) is 11.5. The third kappa shape index (κ3) is 4.35. The fraction of sp³-hybridized carbons (Fsp3) is 0.263. The fourth-order valence-electron chi connectivity index (χ4n) is 2.30. The maximum absolute atomic E-state index is 12.1. The minimum absolute atomic E-state index is 0.140. The molecule has 0 unspecified atom stereocenters. The van der Waals surface area contributed by atoms with Gasteiger partial charge in [0.25, 0.3) is 5.91 Å². The highest BCUT2D eigenvalue weighted by Gasteiger charge is 2.14. The minimum atomic E-state index is -0.503. The third-order valence-corrected chi connectivity index (χ3v) is 3.51. The quantitative estimate of drug-likeness (QED) is 0.823. The summed E-state index contributed by atoms with van der Waals surface area (Å²) in [5.74, 6) is 0.134. The number of carbonyl (C=O) groups is 2. The molecule has 0 aliphatic rings. The van der Waals surface area contributed by atoms with Gasteiger partial charge < -0.3 is 14.8 Å². The molecule has 0 saturated heterocycles. The standard InChI is InChI=1S/C19H21NO4/c1-13(2)14-8-5-7-11-17(14)24-12-18(21)20-16-10-6-4-9-15(16)19(22)23-3/h4-11,13H,12H2,1-3H3,(H,20,21). The number of carbonyl (C=O) groups excluding carboxylic acids is 2. The van der Waals surface area contributed by atoms with Crippen molar-refractivity contribution in [2.45, 2.75) is 19.8 Å². The zero-order valence-electron chi connectivity index (χ0n) is 14.0. The van der Waals surface area contributed by atoms with Crippen molar-refractivity contribution in [2.24, 2.45) is 0 Å².